The summed E-state index contributed by atoms with van der Waals surface area (Å²) in [5.41, 5.74) is 0. The number of halogens is 1. The van der Waals surface area contributed by atoms with Gasteiger partial charge in [0.1, 0.15) is 12.1 Å². The number of alkyl halides is 1. The molecule has 1 saturated heterocycles. The number of hydrogen-bond donors (Lipinski definition) is 0. The second-order valence-electron chi connectivity index (χ2n) is 4.90. The van der Waals surface area contributed by atoms with Crippen LogP contribution in [0.3, 0.4) is 0 Å². The van der Waals surface area contributed by atoms with Gasteiger partial charge in [0, 0.05) is 44.7 Å². The normalized spacial score (nSPS) is 16.9. The van der Waals surface area contributed by atoms with Crippen LogP contribution in [-0.2, 0) is 0 Å². The fourth-order valence-electron chi connectivity index (χ4n) is 2.13. The Morgan fingerprint density at radius 2 is 2.00 bits per heavy atom. The van der Waals surface area contributed by atoms with Gasteiger partial charge < -0.3 is 9.64 Å². The Kier molecular flexibility index (Phi) is 5.22. The molecule has 6 heteroatoms. The van der Waals surface area contributed by atoms with Crippen LogP contribution in [0.15, 0.2) is 12.4 Å². The van der Waals surface area contributed by atoms with E-state index in [1.807, 2.05) is 19.9 Å². The summed E-state index contributed by atoms with van der Waals surface area (Å²) in [4.78, 5) is 13.1. The molecule has 0 amide bonds. The molecule has 106 valence electrons. The Balaban J connectivity index is 1.95. The maximum Gasteiger partial charge on any atom is 0.218 e. The van der Waals surface area contributed by atoms with Crippen molar-refractivity contribution >= 4 is 17.4 Å². The van der Waals surface area contributed by atoms with Gasteiger partial charge in [-0.1, -0.05) is 0 Å². The van der Waals surface area contributed by atoms with Crippen LogP contribution in [0, 0.1) is 0 Å². The lowest BCUT2D eigenvalue weighted by Gasteiger charge is -2.35. The third kappa shape index (κ3) is 4.21. The maximum absolute atomic E-state index is 5.77. The zero-order chi connectivity index (χ0) is 13.7. The summed E-state index contributed by atoms with van der Waals surface area (Å²) < 4.78 is 5.60. The number of hydrogen-bond acceptors (Lipinski definition) is 5. The molecule has 1 aromatic heterocycles. The molecule has 0 spiro atoms. The second kappa shape index (κ2) is 6.91. The summed E-state index contributed by atoms with van der Waals surface area (Å²) in [6.45, 7) is 8.93. The SMILES string of the molecule is CC(C)Oc1cc(N2CCN(CCCl)CC2)ncn1. The molecule has 1 aromatic rings. The molecule has 1 aliphatic rings. The number of rotatable bonds is 5. The summed E-state index contributed by atoms with van der Waals surface area (Å²) in [5, 5.41) is 0. The van der Waals surface area contributed by atoms with E-state index in [2.05, 4.69) is 19.8 Å². The molecule has 0 saturated carbocycles. The van der Waals surface area contributed by atoms with E-state index in [0.29, 0.717) is 11.8 Å². The molecular formula is C13H21ClN4O. The van der Waals surface area contributed by atoms with Crippen LogP contribution in [-0.4, -0.2) is 59.6 Å². The molecule has 2 heterocycles. The van der Waals surface area contributed by atoms with Crippen molar-refractivity contribution in [2.45, 2.75) is 20.0 Å². The number of nitrogens with zero attached hydrogens (tertiary/aromatic N) is 4. The van der Waals surface area contributed by atoms with E-state index in [4.69, 9.17) is 16.3 Å². The van der Waals surface area contributed by atoms with E-state index in [1.165, 1.54) is 0 Å². The van der Waals surface area contributed by atoms with Crippen molar-refractivity contribution in [1.82, 2.24) is 14.9 Å². The highest BCUT2D eigenvalue weighted by molar-refractivity contribution is 6.18. The Morgan fingerprint density at radius 1 is 1.26 bits per heavy atom. The first-order valence-electron chi connectivity index (χ1n) is 6.71. The fraction of sp³-hybridized carbons (Fsp3) is 0.692. The van der Waals surface area contributed by atoms with Gasteiger partial charge in [0.25, 0.3) is 0 Å². The van der Waals surface area contributed by atoms with Crippen molar-refractivity contribution < 1.29 is 4.74 Å². The van der Waals surface area contributed by atoms with Gasteiger partial charge in [-0.3, -0.25) is 4.90 Å². The minimum Gasteiger partial charge on any atom is -0.475 e. The highest BCUT2D eigenvalue weighted by Crippen LogP contribution is 2.18. The number of anilines is 1. The number of ether oxygens (including phenoxy) is 1. The minimum absolute atomic E-state index is 0.128. The van der Waals surface area contributed by atoms with Gasteiger partial charge in [0.05, 0.1) is 6.10 Å². The van der Waals surface area contributed by atoms with E-state index >= 15 is 0 Å². The molecule has 0 N–H and O–H groups in total. The molecule has 0 bridgehead atoms. The van der Waals surface area contributed by atoms with Crippen molar-refractivity contribution in [3.63, 3.8) is 0 Å². The van der Waals surface area contributed by atoms with E-state index in [-0.39, 0.29) is 6.10 Å². The van der Waals surface area contributed by atoms with Gasteiger partial charge >= 0.3 is 0 Å². The Hall–Kier alpha value is -1.07. The average Bonchev–Trinajstić information content (AvgIpc) is 2.39. The predicted molar refractivity (Wildman–Crippen MR) is 77.2 cm³/mol. The quantitative estimate of drug-likeness (QED) is 0.769. The molecule has 2 rings (SSSR count). The first-order valence-corrected chi connectivity index (χ1v) is 7.24. The van der Waals surface area contributed by atoms with Gasteiger partial charge in [-0.25, -0.2) is 9.97 Å². The van der Waals surface area contributed by atoms with E-state index < -0.39 is 0 Å². The Labute approximate surface area is 119 Å². The smallest absolute Gasteiger partial charge is 0.218 e. The highest BCUT2D eigenvalue weighted by Gasteiger charge is 2.18. The zero-order valence-electron chi connectivity index (χ0n) is 11.5. The molecular weight excluding hydrogens is 264 g/mol. The first-order chi connectivity index (χ1) is 9.19. The predicted octanol–water partition coefficient (Wildman–Crippen LogP) is 1.62. The van der Waals surface area contributed by atoms with Crippen LogP contribution >= 0.6 is 11.6 Å². The Morgan fingerprint density at radius 3 is 2.63 bits per heavy atom. The molecule has 0 aromatic carbocycles. The Bertz CT molecular complexity index is 394. The third-order valence-electron chi connectivity index (χ3n) is 3.08. The molecule has 1 aliphatic heterocycles. The van der Waals surface area contributed by atoms with Gasteiger partial charge in [0.2, 0.25) is 5.88 Å². The summed E-state index contributed by atoms with van der Waals surface area (Å²) in [7, 11) is 0. The van der Waals surface area contributed by atoms with Crippen molar-refractivity contribution in [1.29, 1.82) is 0 Å². The van der Waals surface area contributed by atoms with Crippen molar-refractivity contribution in [3.05, 3.63) is 12.4 Å². The topological polar surface area (TPSA) is 41.5 Å². The molecule has 1 fully saturated rings. The summed E-state index contributed by atoms with van der Waals surface area (Å²) in [5.74, 6) is 2.28. The lowest BCUT2D eigenvalue weighted by molar-refractivity contribution is 0.232. The molecule has 0 aliphatic carbocycles. The second-order valence-corrected chi connectivity index (χ2v) is 5.28. The van der Waals surface area contributed by atoms with Gasteiger partial charge in [-0.2, -0.15) is 0 Å². The standard InChI is InChI=1S/C13H21ClN4O/c1-11(2)19-13-9-12(15-10-16-13)18-7-5-17(4-3-14)6-8-18/h9-11H,3-8H2,1-2H3. The van der Waals surface area contributed by atoms with Crippen LogP contribution in [0.1, 0.15) is 13.8 Å². The summed E-state index contributed by atoms with van der Waals surface area (Å²) in [6.07, 6.45) is 1.70. The minimum atomic E-state index is 0.128. The average molecular weight is 285 g/mol. The molecule has 0 atom stereocenters. The van der Waals surface area contributed by atoms with E-state index in [9.17, 15) is 0 Å². The lowest BCUT2D eigenvalue weighted by Crippen LogP contribution is -2.47. The van der Waals surface area contributed by atoms with E-state index in [0.717, 1.165) is 38.5 Å². The van der Waals surface area contributed by atoms with Crippen LogP contribution in [0.5, 0.6) is 5.88 Å². The molecule has 0 unspecified atom stereocenters. The van der Waals surface area contributed by atoms with Crippen LogP contribution in [0.2, 0.25) is 0 Å². The van der Waals surface area contributed by atoms with Crippen molar-refractivity contribution in [2.24, 2.45) is 0 Å². The van der Waals surface area contributed by atoms with Gasteiger partial charge in [-0.05, 0) is 13.8 Å². The zero-order valence-corrected chi connectivity index (χ0v) is 12.3. The first kappa shape index (κ1) is 14.3. The highest BCUT2D eigenvalue weighted by atomic mass is 35.5. The van der Waals surface area contributed by atoms with Crippen molar-refractivity contribution in [3.8, 4) is 5.88 Å². The molecule has 0 radical (unpaired) electrons. The lowest BCUT2D eigenvalue weighted by atomic mass is 10.3. The van der Waals surface area contributed by atoms with E-state index in [1.54, 1.807) is 6.33 Å². The van der Waals surface area contributed by atoms with Crippen LogP contribution < -0.4 is 9.64 Å². The third-order valence-corrected chi connectivity index (χ3v) is 3.25. The number of piperazine rings is 1. The molecule has 19 heavy (non-hydrogen) atoms. The molecule has 5 nitrogen and oxygen atoms in total. The number of aromatic nitrogens is 2. The summed E-state index contributed by atoms with van der Waals surface area (Å²) in [6, 6.07) is 1.91. The van der Waals surface area contributed by atoms with Crippen LogP contribution in [0.25, 0.3) is 0 Å². The largest absolute Gasteiger partial charge is 0.475 e. The van der Waals surface area contributed by atoms with Gasteiger partial charge in [0.15, 0.2) is 0 Å². The van der Waals surface area contributed by atoms with Crippen molar-refractivity contribution in [2.75, 3.05) is 43.5 Å². The monoisotopic (exact) mass is 284 g/mol. The fourth-order valence-corrected chi connectivity index (χ4v) is 2.37. The maximum atomic E-state index is 5.77. The van der Waals surface area contributed by atoms with Gasteiger partial charge in [-0.15, -0.1) is 11.6 Å². The summed E-state index contributed by atoms with van der Waals surface area (Å²) >= 11 is 5.77. The van der Waals surface area contributed by atoms with Crippen LogP contribution in [0.4, 0.5) is 5.82 Å².